The van der Waals surface area contributed by atoms with Crippen molar-refractivity contribution in [3.05, 3.63) is 108 Å². The minimum absolute atomic E-state index is 0.108. The Balaban J connectivity index is 2.06. The number of hydrogen-bond donors (Lipinski definition) is 0. The molecule has 0 radical (unpaired) electrons. The van der Waals surface area contributed by atoms with Gasteiger partial charge in [-0.3, -0.25) is 4.98 Å². The zero-order chi connectivity index (χ0) is 28.3. The monoisotopic (exact) mass is 539 g/mol. The van der Waals surface area contributed by atoms with Crippen LogP contribution in [0.25, 0.3) is 6.08 Å². The molecule has 0 aliphatic heterocycles. The highest BCUT2D eigenvalue weighted by Gasteiger charge is 2.51. The van der Waals surface area contributed by atoms with Crippen molar-refractivity contribution in [2.45, 2.75) is 78.4 Å². The van der Waals surface area contributed by atoms with E-state index in [0.29, 0.717) is 0 Å². The second-order valence-electron chi connectivity index (χ2n) is 11.7. The number of benzene rings is 2. The maximum absolute atomic E-state index is 11.0. The number of aldehydes is 1. The second kappa shape index (κ2) is 14.3. The van der Waals surface area contributed by atoms with Gasteiger partial charge in [0.15, 0.2) is 0 Å². The SMILES string of the molecule is C/C(=C\CC(O[Si](c1ccccc1)(c1ccccc1)C(C)(C)C)/C(C)=C/c1ccccn1)CCCC(C)C=O. The Kier molecular flexibility index (Phi) is 11.2. The topological polar surface area (TPSA) is 39.2 Å². The van der Waals surface area contributed by atoms with Gasteiger partial charge >= 0.3 is 0 Å². The van der Waals surface area contributed by atoms with E-state index in [1.54, 1.807) is 0 Å². The van der Waals surface area contributed by atoms with Gasteiger partial charge in [0.1, 0.15) is 6.29 Å². The normalized spacial score (nSPS) is 14.6. The average molecular weight is 540 g/mol. The van der Waals surface area contributed by atoms with Crippen LogP contribution in [0, 0.1) is 5.92 Å². The summed E-state index contributed by atoms with van der Waals surface area (Å²) in [5, 5.41) is 2.45. The van der Waals surface area contributed by atoms with Gasteiger partial charge in [-0.15, -0.1) is 0 Å². The van der Waals surface area contributed by atoms with Crippen LogP contribution in [0.4, 0.5) is 0 Å². The molecule has 3 nitrogen and oxygen atoms in total. The lowest BCUT2D eigenvalue weighted by molar-refractivity contribution is -0.110. The molecule has 3 aromatic rings. The van der Waals surface area contributed by atoms with Gasteiger partial charge in [-0.25, -0.2) is 0 Å². The molecule has 1 heterocycles. The lowest BCUT2D eigenvalue weighted by Gasteiger charge is -2.45. The highest BCUT2D eigenvalue weighted by Crippen LogP contribution is 2.39. The summed E-state index contributed by atoms with van der Waals surface area (Å²) in [6, 6.07) is 27.7. The lowest BCUT2D eigenvalue weighted by Crippen LogP contribution is -2.67. The predicted molar refractivity (Wildman–Crippen MR) is 168 cm³/mol. The van der Waals surface area contributed by atoms with Crippen molar-refractivity contribution in [2.24, 2.45) is 5.92 Å². The van der Waals surface area contributed by atoms with Crippen LogP contribution in [0.15, 0.2) is 102 Å². The van der Waals surface area contributed by atoms with Gasteiger partial charge in [-0.1, -0.05) is 106 Å². The van der Waals surface area contributed by atoms with Crippen LogP contribution in [-0.4, -0.2) is 25.7 Å². The summed E-state index contributed by atoms with van der Waals surface area (Å²) < 4.78 is 7.57. The number of rotatable bonds is 13. The van der Waals surface area contributed by atoms with Crippen LogP contribution in [0.3, 0.4) is 0 Å². The molecule has 2 unspecified atom stereocenters. The van der Waals surface area contributed by atoms with Gasteiger partial charge < -0.3 is 9.22 Å². The molecule has 2 aromatic carbocycles. The number of carbonyl (C=O) groups excluding carboxylic acids is 1. The average Bonchev–Trinajstić information content (AvgIpc) is 2.94. The third-order valence-electron chi connectivity index (χ3n) is 7.45. The number of hydrogen-bond acceptors (Lipinski definition) is 3. The summed E-state index contributed by atoms with van der Waals surface area (Å²) in [4.78, 5) is 15.6. The molecule has 3 rings (SSSR count). The van der Waals surface area contributed by atoms with Gasteiger partial charge in [0.2, 0.25) is 0 Å². The molecule has 0 fully saturated rings. The van der Waals surface area contributed by atoms with Crippen LogP contribution in [-0.2, 0) is 9.22 Å². The first-order valence-electron chi connectivity index (χ1n) is 14.2. The van der Waals surface area contributed by atoms with Gasteiger partial charge in [0, 0.05) is 12.1 Å². The van der Waals surface area contributed by atoms with Crippen molar-refractivity contribution < 1.29 is 9.22 Å². The summed E-state index contributed by atoms with van der Waals surface area (Å²) in [6.45, 7) is 13.3. The number of aromatic nitrogens is 1. The van der Waals surface area contributed by atoms with Gasteiger partial charge in [-0.2, -0.15) is 0 Å². The van der Waals surface area contributed by atoms with E-state index < -0.39 is 8.32 Å². The van der Waals surface area contributed by atoms with E-state index in [1.807, 2.05) is 31.3 Å². The van der Waals surface area contributed by atoms with E-state index in [9.17, 15) is 4.79 Å². The quantitative estimate of drug-likeness (QED) is 0.126. The molecule has 1 aromatic heterocycles. The fourth-order valence-electron chi connectivity index (χ4n) is 5.20. The Hall–Kier alpha value is -3.08. The van der Waals surface area contributed by atoms with E-state index in [0.717, 1.165) is 37.7 Å². The molecule has 4 heteroatoms. The number of nitrogens with zero attached hydrogens (tertiary/aromatic N) is 1. The molecule has 0 aliphatic rings. The van der Waals surface area contributed by atoms with E-state index in [4.69, 9.17) is 4.43 Å². The molecule has 0 spiro atoms. The minimum atomic E-state index is -2.74. The smallest absolute Gasteiger partial charge is 0.261 e. The number of allylic oxidation sites excluding steroid dienone is 1. The molecule has 0 aliphatic carbocycles. The van der Waals surface area contributed by atoms with Crippen LogP contribution in [0.1, 0.15) is 72.9 Å². The van der Waals surface area contributed by atoms with Crippen molar-refractivity contribution in [1.29, 1.82) is 0 Å². The largest absolute Gasteiger partial charge is 0.400 e. The zero-order valence-electron chi connectivity index (χ0n) is 24.6. The molecular formula is C35H45NO2Si. The third-order valence-corrected chi connectivity index (χ3v) is 12.5. The second-order valence-corrected chi connectivity index (χ2v) is 16.0. The van der Waals surface area contributed by atoms with Crippen LogP contribution < -0.4 is 10.4 Å². The first kappa shape index (κ1) is 30.5. The van der Waals surface area contributed by atoms with Crippen molar-refractivity contribution in [3.8, 4) is 0 Å². The van der Waals surface area contributed by atoms with E-state index in [1.165, 1.54) is 21.5 Å². The molecule has 0 saturated heterocycles. The highest BCUT2D eigenvalue weighted by molar-refractivity contribution is 6.99. The Bertz CT molecular complexity index is 1170. The Morgan fingerprint density at radius 2 is 1.51 bits per heavy atom. The van der Waals surface area contributed by atoms with E-state index in [-0.39, 0.29) is 17.1 Å². The fourth-order valence-corrected chi connectivity index (χ4v) is 9.92. The lowest BCUT2D eigenvalue weighted by atomic mass is 10.0. The Labute approximate surface area is 237 Å². The van der Waals surface area contributed by atoms with Crippen LogP contribution >= 0.6 is 0 Å². The molecule has 0 bridgehead atoms. The Morgan fingerprint density at radius 3 is 2.03 bits per heavy atom. The molecule has 0 N–H and O–H groups in total. The standard InChI is InChI=1S/C35H45NO2Si/c1-28(16-15-17-29(2)27-37)23-24-34(30(3)26-31-18-13-14-25-36-31)38-39(35(4,5)6,32-19-9-7-10-20-32)33-21-11-8-12-22-33/h7-14,18-23,25-27,29,34H,15-17,24H2,1-6H3/b28-23+,30-26+. The van der Waals surface area contributed by atoms with Crippen LogP contribution in [0.5, 0.6) is 0 Å². The molecule has 39 heavy (non-hydrogen) atoms. The molecule has 2 atom stereocenters. The van der Waals surface area contributed by atoms with E-state index >= 15 is 0 Å². The van der Waals surface area contributed by atoms with Crippen molar-refractivity contribution >= 4 is 31.1 Å². The van der Waals surface area contributed by atoms with Gasteiger partial charge in [0.25, 0.3) is 8.32 Å². The van der Waals surface area contributed by atoms with E-state index in [2.05, 4.69) is 112 Å². The van der Waals surface area contributed by atoms with Gasteiger partial charge in [0.05, 0.1) is 11.8 Å². The maximum atomic E-state index is 11.0. The highest BCUT2D eigenvalue weighted by atomic mass is 28.4. The van der Waals surface area contributed by atoms with Crippen molar-refractivity contribution in [2.75, 3.05) is 0 Å². The van der Waals surface area contributed by atoms with Crippen LogP contribution in [0.2, 0.25) is 5.04 Å². The zero-order valence-corrected chi connectivity index (χ0v) is 25.6. The predicted octanol–water partition coefficient (Wildman–Crippen LogP) is 7.77. The first-order valence-corrected chi connectivity index (χ1v) is 16.1. The fraction of sp³-hybridized carbons (Fsp3) is 0.371. The maximum Gasteiger partial charge on any atom is 0.261 e. The van der Waals surface area contributed by atoms with Crippen molar-refractivity contribution in [3.63, 3.8) is 0 Å². The molecule has 206 valence electrons. The summed E-state index contributed by atoms with van der Waals surface area (Å²) >= 11 is 0. The molecular weight excluding hydrogens is 494 g/mol. The Morgan fingerprint density at radius 1 is 0.923 bits per heavy atom. The van der Waals surface area contributed by atoms with Gasteiger partial charge in [-0.05, 0) is 78.7 Å². The number of carbonyl (C=O) groups is 1. The summed E-state index contributed by atoms with van der Waals surface area (Å²) in [5.74, 6) is 0.118. The summed E-state index contributed by atoms with van der Waals surface area (Å²) in [5.41, 5.74) is 3.45. The summed E-state index contributed by atoms with van der Waals surface area (Å²) in [7, 11) is -2.74. The minimum Gasteiger partial charge on any atom is -0.400 e. The molecule has 0 amide bonds. The number of pyridine rings is 1. The molecule has 0 saturated carbocycles. The summed E-state index contributed by atoms with van der Waals surface area (Å²) in [6.07, 6.45) is 11.0. The first-order chi connectivity index (χ1) is 18.7. The third kappa shape index (κ3) is 8.20. The van der Waals surface area contributed by atoms with Crippen molar-refractivity contribution in [1.82, 2.24) is 4.98 Å².